The lowest BCUT2D eigenvalue weighted by Crippen LogP contribution is -2.53. The summed E-state index contributed by atoms with van der Waals surface area (Å²) in [5, 5.41) is 9.74. The number of carbonyl (C=O) groups is 1. The van der Waals surface area contributed by atoms with E-state index in [9.17, 15) is 9.90 Å². The highest BCUT2D eigenvalue weighted by Crippen LogP contribution is 2.68. The highest BCUT2D eigenvalue weighted by molar-refractivity contribution is 5.72. The monoisotopic (exact) mass is 526 g/mol. The molecule has 4 aliphatic carbocycles. The normalized spacial score (nSPS) is 38.7. The highest BCUT2D eigenvalue weighted by Gasteiger charge is 2.60. The van der Waals surface area contributed by atoms with Crippen molar-refractivity contribution in [3.63, 3.8) is 0 Å². The Balaban J connectivity index is 1.28. The van der Waals surface area contributed by atoms with Crippen LogP contribution in [0.2, 0.25) is 0 Å². The fourth-order valence-corrected chi connectivity index (χ4v) is 10.8. The third-order valence-corrected chi connectivity index (χ3v) is 13.0. The van der Waals surface area contributed by atoms with Gasteiger partial charge in [0.15, 0.2) is 0 Å². The van der Waals surface area contributed by atoms with Crippen LogP contribution in [0, 0.1) is 52.3 Å². The number of carboxylic acid groups (broad SMARTS) is 1. The molecular formula is C36H62O2. The van der Waals surface area contributed by atoms with E-state index in [-0.39, 0.29) is 5.92 Å². The van der Waals surface area contributed by atoms with Gasteiger partial charge < -0.3 is 5.11 Å². The Morgan fingerprint density at radius 3 is 2.39 bits per heavy atom. The molecule has 2 unspecified atom stereocenters. The number of carboxylic acids is 1. The van der Waals surface area contributed by atoms with Crippen molar-refractivity contribution in [3.05, 3.63) is 11.6 Å². The van der Waals surface area contributed by atoms with Gasteiger partial charge in [-0.05, 0) is 124 Å². The predicted molar refractivity (Wildman–Crippen MR) is 161 cm³/mol. The van der Waals surface area contributed by atoms with Crippen molar-refractivity contribution in [1.29, 1.82) is 0 Å². The molecule has 4 fully saturated rings. The van der Waals surface area contributed by atoms with Crippen LogP contribution < -0.4 is 0 Å². The Morgan fingerprint density at radius 1 is 0.868 bits per heavy atom. The molecule has 2 heteroatoms. The van der Waals surface area contributed by atoms with Crippen molar-refractivity contribution in [2.45, 2.75) is 157 Å². The minimum absolute atomic E-state index is 0.292. The summed E-state index contributed by atoms with van der Waals surface area (Å²) in [7, 11) is 0. The smallest absolute Gasteiger partial charge is 0.310 e. The first-order chi connectivity index (χ1) is 18.2. The molecule has 4 saturated carbocycles. The van der Waals surface area contributed by atoms with Gasteiger partial charge in [-0.25, -0.2) is 0 Å². The van der Waals surface area contributed by atoms with Gasteiger partial charge in [-0.15, -0.1) is 0 Å². The van der Waals surface area contributed by atoms with Gasteiger partial charge in [0.2, 0.25) is 0 Å². The Bertz CT molecular complexity index is 799. The molecule has 0 spiro atoms. The van der Waals surface area contributed by atoms with Crippen LogP contribution >= 0.6 is 0 Å². The molecule has 9 atom stereocenters. The first kappa shape index (κ1) is 30.2. The lowest BCUT2D eigenvalue weighted by molar-refractivity contribution is -0.140. The largest absolute Gasteiger partial charge is 0.481 e. The lowest BCUT2D eigenvalue weighted by Gasteiger charge is -2.61. The molecule has 4 rings (SSSR count). The molecule has 0 bridgehead atoms. The molecule has 38 heavy (non-hydrogen) atoms. The maximum Gasteiger partial charge on any atom is 0.310 e. The van der Waals surface area contributed by atoms with Crippen LogP contribution in [0.25, 0.3) is 0 Å². The van der Waals surface area contributed by atoms with Crippen molar-refractivity contribution in [3.8, 4) is 0 Å². The molecule has 0 aromatic rings. The van der Waals surface area contributed by atoms with Crippen molar-refractivity contribution in [1.82, 2.24) is 0 Å². The van der Waals surface area contributed by atoms with Gasteiger partial charge in [-0.1, -0.05) is 90.7 Å². The summed E-state index contributed by atoms with van der Waals surface area (Å²) < 4.78 is 0. The van der Waals surface area contributed by atoms with Gasteiger partial charge in [0.05, 0.1) is 5.92 Å². The summed E-state index contributed by atoms with van der Waals surface area (Å²) in [5.41, 5.74) is 2.51. The molecule has 0 radical (unpaired) electrons. The standard InChI is InChI=1S/C36H62O2/c1-6-7-8-9-10-16-28(34(37)38)25-26(2)14-13-15-27(3)31-20-21-32-30-19-18-29-17-11-12-23-35(29,4)33(30)22-24-36(31,32)5/h25,27-33H,6-24H2,1-5H3,(H,37,38)/t27-,28?,29?,30+,31-,32+,33+,35+,36-/m1/s1. The Labute approximate surface area is 236 Å². The zero-order chi connectivity index (χ0) is 27.3. The maximum atomic E-state index is 11.8. The topological polar surface area (TPSA) is 37.3 Å². The van der Waals surface area contributed by atoms with Crippen LogP contribution in [0.1, 0.15) is 157 Å². The van der Waals surface area contributed by atoms with E-state index in [4.69, 9.17) is 0 Å². The van der Waals surface area contributed by atoms with Gasteiger partial charge in [0.1, 0.15) is 0 Å². The third kappa shape index (κ3) is 6.40. The molecule has 0 aromatic heterocycles. The SMILES string of the molecule is CCCCCCCC(C=C(C)CCC[C@@H](C)[C@H]1CC[C@H]2[C@@H]3CCC4CCCC[C@]4(C)[C@H]3CC[C@]12C)C(=O)O. The van der Waals surface area contributed by atoms with Gasteiger partial charge in [-0.2, -0.15) is 0 Å². The molecule has 0 heterocycles. The van der Waals surface area contributed by atoms with Gasteiger partial charge in [-0.3, -0.25) is 4.79 Å². The molecule has 0 aromatic carbocycles. The van der Waals surface area contributed by atoms with Crippen LogP contribution in [0.3, 0.4) is 0 Å². The van der Waals surface area contributed by atoms with Crippen LogP contribution in [0.15, 0.2) is 11.6 Å². The maximum absolute atomic E-state index is 11.8. The second-order valence-corrected chi connectivity index (χ2v) is 15.2. The number of aliphatic carboxylic acids is 1. The second kappa shape index (κ2) is 13.2. The number of hydrogen-bond acceptors (Lipinski definition) is 1. The van der Waals surface area contributed by atoms with Crippen LogP contribution in [-0.2, 0) is 4.79 Å². The minimum Gasteiger partial charge on any atom is -0.481 e. The van der Waals surface area contributed by atoms with Crippen molar-refractivity contribution < 1.29 is 9.90 Å². The first-order valence-corrected chi connectivity index (χ1v) is 17.1. The van der Waals surface area contributed by atoms with Crippen LogP contribution in [0.5, 0.6) is 0 Å². The number of unbranched alkanes of at least 4 members (excludes halogenated alkanes) is 4. The van der Waals surface area contributed by atoms with Crippen LogP contribution in [0.4, 0.5) is 0 Å². The van der Waals surface area contributed by atoms with Gasteiger partial charge in [0, 0.05) is 0 Å². The van der Waals surface area contributed by atoms with Crippen LogP contribution in [-0.4, -0.2) is 11.1 Å². The van der Waals surface area contributed by atoms with E-state index in [0.717, 1.165) is 54.8 Å². The molecule has 0 aliphatic heterocycles. The fraction of sp³-hybridized carbons (Fsp3) is 0.917. The van der Waals surface area contributed by atoms with Crippen molar-refractivity contribution in [2.24, 2.45) is 52.3 Å². The molecule has 1 N–H and O–H groups in total. The predicted octanol–water partition coefficient (Wildman–Crippen LogP) is 10.8. The summed E-state index contributed by atoms with van der Waals surface area (Å²) >= 11 is 0. The third-order valence-electron chi connectivity index (χ3n) is 13.0. The van der Waals surface area contributed by atoms with Gasteiger partial charge >= 0.3 is 5.97 Å². The quantitative estimate of drug-likeness (QED) is 0.191. The highest BCUT2D eigenvalue weighted by atomic mass is 16.4. The summed E-state index contributed by atoms with van der Waals surface area (Å²) in [5.74, 6) is 4.78. The number of rotatable bonds is 13. The molecule has 218 valence electrons. The van der Waals surface area contributed by atoms with Crippen molar-refractivity contribution in [2.75, 3.05) is 0 Å². The van der Waals surface area contributed by atoms with E-state index in [1.165, 1.54) is 108 Å². The molecular weight excluding hydrogens is 464 g/mol. The summed E-state index contributed by atoms with van der Waals surface area (Å²) in [6, 6.07) is 0. The Kier molecular flexibility index (Phi) is 10.5. The zero-order valence-electron chi connectivity index (χ0n) is 25.9. The average molecular weight is 527 g/mol. The molecule has 0 amide bonds. The summed E-state index contributed by atoms with van der Waals surface area (Å²) in [4.78, 5) is 11.8. The number of fused-ring (bicyclic) bond motifs is 5. The average Bonchev–Trinajstić information content (AvgIpc) is 3.24. The molecule has 0 saturated heterocycles. The lowest BCUT2D eigenvalue weighted by atomic mass is 9.44. The first-order valence-electron chi connectivity index (χ1n) is 17.1. The Morgan fingerprint density at radius 2 is 1.63 bits per heavy atom. The Hall–Kier alpha value is -0.790. The summed E-state index contributed by atoms with van der Waals surface area (Å²) in [6.07, 6.45) is 27.4. The van der Waals surface area contributed by atoms with E-state index in [0.29, 0.717) is 10.8 Å². The van der Waals surface area contributed by atoms with Gasteiger partial charge in [0.25, 0.3) is 0 Å². The van der Waals surface area contributed by atoms with E-state index in [2.05, 4.69) is 40.7 Å². The van der Waals surface area contributed by atoms with Crippen molar-refractivity contribution >= 4 is 5.97 Å². The second-order valence-electron chi connectivity index (χ2n) is 15.2. The number of allylic oxidation sites excluding steroid dienone is 1. The summed E-state index contributed by atoms with van der Waals surface area (Å²) in [6.45, 7) is 12.4. The van der Waals surface area contributed by atoms with E-state index < -0.39 is 5.97 Å². The minimum atomic E-state index is -0.634. The van der Waals surface area contributed by atoms with E-state index >= 15 is 0 Å². The van der Waals surface area contributed by atoms with E-state index in [1.54, 1.807) is 0 Å². The van der Waals surface area contributed by atoms with E-state index in [1.807, 2.05) is 0 Å². The fourth-order valence-electron chi connectivity index (χ4n) is 10.8. The zero-order valence-corrected chi connectivity index (χ0v) is 25.9. The molecule has 4 aliphatic rings. The number of hydrogen-bond donors (Lipinski definition) is 1. The molecule has 2 nitrogen and oxygen atoms in total.